The summed E-state index contributed by atoms with van der Waals surface area (Å²) in [4.78, 5) is 19.3. The summed E-state index contributed by atoms with van der Waals surface area (Å²) in [6, 6.07) is 7.67. The number of urea groups is 1. The fraction of sp³-hybridized carbons (Fsp3) is 0.385. The molecule has 1 aromatic carbocycles. The van der Waals surface area contributed by atoms with Gasteiger partial charge in [-0.05, 0) is 31.4 Å². The first kappa shape index (κ1) is 12.4. The molecule has 1 fully saturated rings. The molecule has 0 atom stereocenters. The third kappa shape index (κ3) is 3.23. The Balaban J connectivity index is 0.000000134. The second-order valence-electron chi connectivity index (χ2n) is 4.31. The number of nitrogens with one attached hydrogen (secondary N) is 1. The van der Waals surface area contributed by atoms with Crippen LogP contribution in [0.1, 0.15) is 19.3 Å². The predicted octanol–water partition coefficient (Wildman–Crippen LogP) is 2.11. The van der Waals surface area contributed by atoms with Crippen LogP contribution < -0.4 is 5.73 Å². The van der Waals surface area contributed by atoms with Crippen molar-refractivity contribution in [3.8, 4) is 0 Å². The smallest absolute Gasteiger partial charge is 0.314 e. The minimum atomic E-state index is -0.269. The molecule has 2 amide bonds. The number of para-hydroxylation sites is 2. The highest BCUT2D eigenvalue weighted by Crippen LogP contribution is 2.07. The summed E-state index contributed by atoms with van der Waals surface area (Å²) in [6.45, 7) is 1.71. The molecule has 0 unspecified atom stereocenters. The molecule has 0 spiro atoms. The van der Waals surface area contributed by atoms with Crippen molar-refractivity contribution >= 4 is 17.1 Å². The van der Waals surface area contributed by atoms with Crippen molar-refractivity contribution < 1.29 is 4.79 Å². The molecule has 3 rings (SSSR count). The number of primary amides is 1. The summed E-state index contributed by atoms with van der Waals surface area (Å²) in [5.41, 5.74) is 7.17. The molecule has 2 heterocycles. The van der Waals surface area contributed by atoms with Crippen molar-refractivity contribution in [2.75, 3.05) is 13.1 Å². The first-order valence-electron chi connectivity index (χ1n) is 6.20. The number of imidazole rings is 1. The summed E-state index contributed by atoms with van der Waals surface area (Å²) in [5, 5.41) is 0. The van der Waals surface area contributed by atoms with Crippen molar-refractivity contribution in [3.63, 3.8) is 0 Å². The Morgan fingerprint density at radius 2 is 1.94 bits per heavy atom. The highest BCUT2D eigenvalue weighted by atomic mass is 16.2. The van der Waals surface area contributed by atoms with E-state index >= 15 is 0 Å². The van der Waals surface area contributed by atoms with Crippen LogP contribution in [0.5, 0.6) is 0 Å². The van der Waals surface area contributed by atoms with E-state index in [1.165, 1.54) is 6.42 Å². The summed E-state index contributed by atoms with van der Waals surface area (Å²) < 4.78 is 0. The van der Waals surface area contributed by atoms with E-state index < -0.39 is 0 Å². The summed E-state index contributed by atoms with van der Waals surface area (Å²) in [5.74, 6) is 0. The van der Waals surface area contributed by atoms with Crippen molar-refractivity contribution in [2.24, 2.45) is 5.73 Å². The number of aromatic nitrogens is 2. The number of nitrogens with zero attached hydrogens (tertiary/aromatic N) is 2. The zero-order valence-electron chi connectivity index (χ0n) is 10.3. The van der Waals surface area contributed by atoms with E-state index in [9.17, 15) is 4.79 Å². The number of hydrogen-bond acceptors (Lipinski definition) is 2. The fourth-order valence-electron chi connectivity index (χ4n) is 1.99. The van der Waals surface area contributed by atoms with E-state index in [1.54, 1.807) is 11.2 Å². The molecule has 96 valence electrons. The minimum absolute atomic E-state index is 0.269. The molecule has 1 saturated heterocycles. The minimum Gasteiger partial charge on any atom is -0.351 e. The van der Waals surface area contributed by atoms with Gasteiger partial charge in [-0.1, -0.05) is 12.1 Å². The van der Waals surface area contributed by atoms with Gasteiger partial charge in [0, 0.05) is 13.1 Å². The van der Waals surface area contributed by atoms with E-state index in [1.807, 2.05) is 24.3 Å². The van der Waals surface area contributed by atoms with Crippen LogP contribution in [-0.2, 0) is 0 Å². The monoisotopic (exact) mass is 246 g/mol. The number of carbonyl (C=O) groups is 1. The molecule has 3 N–H and O–H groups in total. The number of fused-ring (bicyclic) bond motifs is 1. The molecule has 1 aromatic heterocycles. The molecule has 18 heavy (non-hydrogen) atoms. The maximum absolute atomic E-state index is 10.5. The van der Waals surface area contributed by atoms with Gasteiger partial charge in [-0.25, -0.2) is 9.78 Å². The van der Waals surface area contributed by atoms with Crippen LogP contribution in [0.2, 0.25) is 0 Å². The van der Waals surface area contributed by atoms with Crippen LogP contribution in [0.3, 0.4) is 0 Å². The van der Waals surface area contributed by atoms with Gasteiger partial charge in [-0.2, -0.15) is 0 Å². The third-order valence-electron chi connectivity index (χ3n) is 3.00. The van der Waals surface area contributed by atoms with Crippen molar-refractivity contribution in [1.82, 2.24) is 14.9 Å². The van der Waals surface area contributed by atoms with Gasteiger partial charge in [0.25, 0.3) is 0 Å². The molecule has 1 aliphatic rings. The summed E-state index contributed by atoms with van der Waals surface area (Å²) in [7, 11) is 0. The first-order chi connectivity index (χ1) is 8.77. The maximum atomic E-state index is 10.5. The van der Waals surface area contributed by atoms with E-state index in [-0.39, 0.29) is 6.03 Å². The molecule has 0 radical (unpaired) electrons. The number of rotatable bonds is 0. The highest BCUT2D eigenvalue weighted by molar-refractivity contribution is 5.73. The quantitative estimate of drug-likeness (QED) is 0.747. The molecule has 1 aliphatic heterocycles. The number of aromatic amines is 1. The molecule has 5 nitrogen and oxygen atoms in total. The molecular weight excluding hydrogens is 228 g/mol. The van der Waals surface area contributed by atoms with Gasteiger partial charge in [0.2, 0.25) is 0 Å². The van der Waals surface area contributed by atoms with Gasteiger partial charge in [0.05, 0.1) is 17.4 Å². The number of amides is 2. The van der Waals surface area contributed by atoms with Crippen LogP contribution in [0.15, 0.2) is 30.6 Å². The number of hydrogen-bond donors (Lipinski definition) is 2. The Morgan fingerprint density at radius 1 is 1.22 bits per heavy atom. The van der Waals surface area contributed by atoms with E-state index in [2.05, 4.69) is 9.97 Å². The zero-order chi connectivity index (χ0) is 12.8. The second-order valence-corrected chi connectivity index (χ2v) is 4.31. The van der Waals surface area contributed by atoms with Crippen molar-refractivity contribution in [1.29, 1.82) is 0 Å². The van der Waals surface area contributed by atoms with Gasteiger partial charge in [0.15, 0.2) is 0 Å². The number of nitrogens with two attached hydrogens (primary N) is 1. The molecule has 0 bridgehead atoms. The van der Waals surface area contributed by atoms with Gasteiger partial charge < -0.3 is 15.6 Å². The first-order valence-corrected chi connectivity index (χ1v) is 6.20. The summed E-state index contributed by atoms with van der Waals surface area (Å²) in [6.07, 6.45) is 5.17. The number of piperidine rings is 1. The Labute approximate surface area is 106 Å². The lowest BCUT2D eigenvalue weighted by molar-refractivity contribution is 0.196. The lowest BCUT2D eigenvalue weighted by Gasteiger charge is -2.24. The number of likely N-dealkylation sites (tertiary alicyclic amines) is 1. The zero-order valence-corrected chi connectivity index (χ0v) is 10.3. The van der Waals surface area contributed by atoms with Crippen LogP contribution in [0.4, 0.5) is 4.79 Å². The van der Waals surface area contributed by atoms with Crippen LogP contribution >= 0.6 is 0 Å². The Morgan fingerprint density at radius 3 is 2.56 bits per heavy atom. The normalized spacial score (nSPS) is 15.0. The van der Waals surface area contributed by atoms with Gasteiger partial charge >= 0.3 is 6.03 Å². The van der Waals surface area contributed by atoms with Gasteiger partial charge in [-0.3, -0.25) is 0 Å². The maximum Gasteiger partial charge on any atom is 0.314 e. The van der Waals surface area contributed by atoms with E-state index in [4.69, 9.17) is 5.73 Å². The topological polar surface area (TPSA) is 75.0 Å². The lowest BCUT2D eigenvalue weighted by atomic mass is 10.1. The average Bonchev–Trinajstić information content (AvgIpc) is 2.89. The number of carbonyl (C=O) groups excluding carboxylic acids is 1. The molecular formula is C13H18N4O. The highest BCUT2D eigenvalue weighted by Gasteiger charge is 2.11. The lowest BCUT2D eigenvalue weighted by Crippen LogP contribution is -2.39. The SMILES string of the molecule is NC(=O)N1CCCCC1.c1ccc2[nH]cnc2c1. The Hall–Kier alpha value is -2.04. The molecule has 0 aliphatic carbocycles. The van der Waals surface area contributed by atoms with Crippen molar-refractivity contribution in [3.05, 3.63) is 30.6 Å². The molecule has 5 heteroatoms. The number of benzene rings is 1. The van der Waals surface area contributed by atoms with Crippen molar-refractivity contribution in [2.45, 2.75) is 19.3 Å². The Bertz CT molecular complexity index is 472. The summed E-state index contributed by atoms with van der Waals surface area (Å²) >= 11 is 0. The Kier molecular flexibility index (Phi) is 4.17. The van der Waals surface area contributed by atoms with Gasteiger partial charge in [-0.15, -0.1) is 0 Å². The van der Waals surface area contributed by atoms with Crippen LogP contribution in [-0.4, -0.2) is 34.0 Å². The predicted molar refractivity (Wildman–Crippen MR) is 71.1 cm³/mol. The third-order valence-corrected chi connectivity index (χ3v) is 3.00. The van der Waals surface area contributed by atoms with E-state index in [0.29, 0.717) is 0 Å². The molecule has 0 saturated carbocycles. The second kappa shape index (κ2) is 6.05. The average molecular weight is 246 g/mol. The van der Waals surface area contributed by atoms with Crippen LogP contribution in [0, 0.1) is 0 Å². The standard InChI is InChI=1S/C7H6N2.C6H12N2O/c1-2-4-7-6(3-1)8-5-9-7;7-6(9)8-4-2-1-3-5-8/h1-5H,(H,8,9);1-5H2,(H2,7,9). The number of H-pyrrole nitrogens is 1. The fourth-order valence-corrected chi connectivity index (χ4v) is 1.99. The van der Waals surface area contributed by atoms with Crippen LogP contribution in [0.25, 0.3) is 11.0 Å². The largest absolute Gasteiger partial charge is 0.351 e. The van der Waals surface area contributed by atoms with Gasteiger partial charge in [0.1, 0.15) is 0 Å². The van der Waals surface area contributed by atoms with E-state index in [0.717, 1.165) is 37.0 Å². The molecule has 2 aromatic rings.